The van der Waals surface area contributed by atoms with E-state index in [9.17, 15) is 5.11 Å². The lowest BCUT2D eigenvalue weighted by Crippen LogP contribution is -2.48. The minimum atomic E-state index is -0.542. The van der Waals surface area contributed by atoms with Crippen molar-refractivity contribution in [1.82, 2.24) is 9.80 Å². The molecule has 2 aromatic rings. The molecule has 3 rings (SSSR count). The standard InChI is InChI=1S/C24H33ClN2O5/c1-29-22-12-19(13-23(30-2)24(22)31-3)16-32-17-21(28)15-27-10-8-26(9-11-27)14-18-4-6-20(25)7-5-18/h4-7,12-13,21,28H,8-11,14-17H2,1-3H3. The van der Waals surface area contributed by atoms with Crippen LogP contribution in [0.1, 0.15) is 11.1 Å². The summed E-state index contributed by atoms with van der Waals surface area (Å²) in [5.74, 6) is 1.72. The zero-order chi connectivity index (χ0) is 22.9. The molecule has 0 radical (unpaired) electrons. The molecule has 1 unspecified atom stereocenters. The molecule has 8 heteroatoms. The van der Waals surface area contributed by atoms with E-state index in [4.69, 9.17) is 30.5 Å². The molecular formula is C24H33ClN2O5. The third kappa shape index (κ3) is 6.98. The van der Waals surface area contributed by atoms with Gasteiger partial charge in [-0.3, -0.25) is 9.80 Å². The molecule has 32 heavy (non-hydrogen) atoms. The number of hydrogen-bond donors (Lipinski definition) is 1. The fraction of sp³-hybridized carbons (Fsp3) is 0.500. The Balaban J connectivity index is 1.39. The van der Waals surface area contributed by atoms with E-state index in [2.05, 4.69) is 21.9 Å². The lowest BCUT2D eigenvalue weighted by molar-refractivity contribution is 0.000808. The molecule has 1 atom stereocenters. The Labute approximate surface area is 195 Å². The first-order chi connectivity index (χ1) is 15.5. The summed E-state index contributed by atoms with van der Waals surface area (Å²) in [7, 11) is 4.74. The van der Waals surface area contributed by atoms with Gasteiger partial charge in [0.2, 0.25) is 5.75 Å². The van der Waals surface area contributed by atoms with Crippen LogP contribution in [-0.2, 0) is 17.9 Å². The molecule has 0 amide bonds. The third-order valence-electron chi connectivity index (χ3n) is 5.56. The van der Waals surface area contributed by atoms with E-state index < -0.39 is 6.10 Å². The molecule has 0 aliphatic carbocycles. The van der Waals surface area contributed by atoms with Gasteiger partial charge in [-0.25, -0.2) is 0 Å². The molecule has 1 aliphatic rings. The summed E-state index contributed by atoms with van der Waals surface area (Å²) < 4.78 is 21.8. The smallest absolute Gasteiger partial charge is 0.203 e. The van der Waals surface area contributed by atoms with E-state index in [-0.39, 0.29) is 6.61 Å². The first-order valence-corrected chi connectivity index (χ1v) is 11.1. The lowest BCUT2D eigenvalue weighted by atomic mass is 10.2. The number of β-amino-alcohol motifs (C(OH)–C–C–N with tert-alkyl or cyclic N) is 1. The van der Waals surface area contributed by atoms with Crippen LogP contribution < -0.4 is 14.2 Å². The van der Waals surface area contributed by atoms with Gasteiger partial charge < -0.3 is 24.1 Å². The van der Waals surface area contributed by atoms with Crippen LogP contribution in [0.2, 0.25) is 5.02 Å². The summed E-state index contributed by atoms with van der Waals surface area (Å²) >= 11 is 5.96. The third-order valence-corrected chi connectivity index (χ3v) is 5.81. The van der Waals surface area contributed by atoms with Gasteiger partial charge in [0.05, 0.1) is 40.6 Å². The largest absolute Gasteiger partial charge is 0.493 e. The quantitative estimate of drug-likeness (QED) is 0.548. The minimum absolute atomic E-state index is 0.266. The van der Waals surface area contributed by atoms with Crippen LogP contribution in [0.5, 0.6) is 17.2 Å². The number of aliphatic hydroxyl groups is 1. The maximum absolute atomic E-state index is 10.4. The first-order valence-electron chi connectivity index (χ1n) is 10.8. The number of methoxy groups -OCH3 is 3. The molecule has 176 valence electrons. The van der Waals surface area contributed by atoms with Crippen molar-refractivity contribution in [2.75, 3.05) is 60.7 Å². The van der Waals surface area contributed by atoms with Gasteiger partial charge in [-0.05, 0) is 35.4 Å². The van der Waals surface area contributed by atoms with Crippen molar-refractivity contribution in [3.63, 3.8) is 0 Å². The Hall–Kier alpha value is -2.03. The topological polar surface area (TPSA) is 63.6 Å². The summed E-state index contributed by atoms with van der Waals surface area (Å²) in [5.41, 5.74) is 2.16. The molecule has 1 saturated heterocycles. The highest BCUT2D eigenvalue weighted by molar-refractivity contribution is 6.30. The Kier molecular flexibility index (Phi) is 9.44. The number of nitrogens with zero attached hydrogens (tertiary/aromatic N) is 2. The number of ether oxygens (including phenoxy) is 4. The van der Waals surface area contributed by atoms with Gasteiger partial charge in [0.15, 0.2) is 11.5 Å². The molecule has 1 aliphatic heterocycles. The maximum Gasteiger partial charge on any atom is 0.203 e. The van der Waals surface area contributed by atoms with Gasteiger partial charge in [0, 0.05) is 44.3 Å². The monoisotopic (exact) mass is 464 g/mol. The van der Waals surface area contributed by atoms with Crippen molar-refractivity contribution in [2.24, 2.45) is 0 Å². The van der Waals surface area contributed by atoms with Crippen LogP contribution in [0.15, 0.2) is 36.4 Å². The van der Waals surface area contributed by atoms with E-state index in [0.717, 1.165) is 43.3 Å². The number of halogens is 1. The molecule has 0 spiro atoms. The fourth-order valence-electron chi connectivity index (χ4n) is 3.86. The molecule has 1 N–H and O–H groups in total. The molecular weight excluding hydrogens is 432 g/mol. The Morgan fingerprint density at radius 2 is 1.47 bits per heavy atom. The van der Waals surface area contributed by atoms with E-state index in [1.165, 1.54) is 5.56 Å². The normalized spacial score (nSPS) is 16.0. The van der Waals surface area contributed by atoms with Crippen LogP contribution in [-0.4, -0.2) is 81.7 Å². The molecule has 1 fully saturated rings. The second kappa shape index (κ2) is 12.3. The van der Waals surface area contributed by atoms with Crippen molar-refractivity contribution >= 4 is 11.6 Å². The molecule has 1 heterocycles. The van der Waals surface area contributed by atoms with Crippen molar-refractivity contribution in [3.05, 3.63) is 52.5 Å². The highest BCUT2D eigenvalue weighted by Gasteiger charge is 2.20. The van der Waals surface area contributed by atoms with Crippen LogP contribution in [0.4, 0.5) is 0 Å². The molecule has 2 aromatic carbocycles. The average molecular weight is 465 g/mol. The number of piperazine rings is 1. The number of rotatable bonds is 11. The van der Waals surface area contributed by atoms with E-state index in [1.807, 2.05) is 24.3 Å². The Morgan fingerprint density at radius 3 is 2.03 bits per heavy atom. The summed E-state index contributed by atoms with van der Waals surface area (Å²) in [6.07, 6.45) is -0.542. The fourth-order valence-corrected chi connectivity index (χ4v) is 3.99. The molecule has 0 saturated carbocycles. The van der Waals surface area contributed by atoms with Crippen LogP contribution in [0.25, 0.3) is 0 Å². The number of aliphatic hydroxyl groups excluding tert-OH is 1. The summed E-state index contributed by atoms with van der Waals surface area (Å²) in [4.78, 5) is 4.71. The SMILES string of the molecule is COc1cc(COCC(O)CN2CCN(Cc3ccc(Cl)cc3)CC2)cc(OC)c1OC. The highest BCUT2D eigenvalue weighted by Crippen LogP contribution is 2.38. The Bertz CT molecular complexity index is 816. The second-order valence-corrected chi connectivity index (χ2v) is 8.34. The summed E-state index contributed by atoms with van der Waals surface area (Å²) in [6.45, 7) is 5.94. The predicted molar refractivity (Wildman–Crippen MR) is 125 cm³/mol. The predicted octanol–water partition coefficient (Wildman–Crippen LogP) is 3.06. The molecule has 0 bridgehead atoms. The molecule has 7 nitrogen and oxygen atoms in total. The van der Waals surface area contributed by atoms with Crippen molar-refractivity contribution in [1.29, 1.82) is 0 Å². The second-order valence-electron chi connectivity index (χ2n) is 7.91. The van der Waals surface area contributed by atoms with Crippen LogP contribution in [0, 0.1) is 0 Å². The van der Waals surface area contributed by atoms with E-state index in [0.29, 0.717) is 30.4 Å². The van der Waals surface area contributed by atoms with Crippen molar-refractivity contribution < 1.29 is 24.1 Å². The summed E-state index contributed by atoms with van der Waals surface area (Å²) in [6, 6.07) is 11.7. The average Bonchev–Trinajstić information content (AvgIpc) is 2.81. The van der Waals surface area contributed by atoms with Gasteiger partial charge in [0.1, 0.15) is 0 Å². The Morgan fingerprint density at radius 1 is 0.875 bits per heavy atom. The van der Waals surface area contributed by atoms with E-state index in [1.54, 1.807) is 21.3 Å². The summed E-state index contributed by atoms with van der Waals surface area (Å²) in [5, 5.41) is 11.2. The zero-order valence-corrected chi connectivity index (χ0v) is 19.8. The van der Waals surface area contributed by atoms with Gasteiger partial charge >= 0.3 is 0 Å². The van der Waals surface area contributed by atoms with Gasteiger partial charge in [-0.2, -0.15) is 0 Å². The minimum Gasteiger partial charge on any atom is -0.493 e. The molecule has 0 aromatic heterocycles. The number of benzene rings is 2. The number of hydrogen-bond acceptors (Lipinski definition) is 7. The van der Waals surface area contributed by atoms with Gasteiger partial charge in [0.25, 0.3) is 0 Å². The highest BCUT2D eigenvalue weighted by atomic mass is 35.5. The van der Waals surface area contributed by atoms with Crippen LogP contribution >= 0.6 is 11.6 Å². The zero-order valence-electron chi connectivity index (χ0n) is 19.1. The first kappa shape index (κ1) is 24.6. The van der Waals surface area contributed by atoms with Gasteiger partial charge in [-0.1, -0.05) is 23.7 Å². The lowest BCUT2D eigenvalue weighted by Gasteiger charge is -2.35. The van der Waals surface area contributed by atoms with Gasteiger partial charge in [-0.15, -0.1) is 0 Å². The van der Waals surface area contributed by atoms with Crippen LogP contribution in [0.3, 0.4) is 0 Å². The maximum atomic E-state index is 10.4. The van der Waals surface area contributed by atoms with E-state index >= 15 is 0 Å². The van der Waals surface area contributed by atoms with Crippen molar-refractivity contribution in [2.45, 2.75) is 19.3 Å². The van der Waals surface area contributed by atoms with Crippen molar-refractivity contribution in [3.8, 4) is 17.2 Å².